The Hall–Kier alpha value is -1.27. The minimum Gasteiger partial charge on any atom is -0.281 e. The van der Waals surface area contributed by atoms with Crippen LogP contribution in [0.15, 0.2) is 24.3 Å². The number of piperazine rings is 1. The van der Waals surface area contributed by atoms with E-state index in [1.807, 2.05) is 0 Å². The van der Waals surface area contributed by atoms with Gasteiger partial charge < -0.3 is 0 Å². The average Bonchev–Trinajstić information content (AvgIpc) is 2.44. The summed E-state index contributed by atoms with van der Waals surface area (Å²) in [5.41, 5.74) is 0.505. The Morgan fingerprint density at radius 1 is 1.10 bits per heavy atom. The Balaban J connectivity index is 1.94. The lowest BCUT2D eigenvalue weighted by atomic mass is 10.1. The molecule has 0 saturated carbocycles. The van der Waals surface area contributed by atoms with Crippen LogP contribution in [0, 0.1) is 5.82 Å². The second-order valence-corrected chi connectivity index (χ2v) is 5.86. The molecule has 0 N–H and O–H groups in total. The molecule has 4 nitrogen and oxygen atoms in total. The van der Waals surface area contributed by atoms with Crippen LogP contribution >= 0.6 is 15.9 Å². The van der Waals surface area contributed by atoms with Crippen LogP contribution in [0.1, 0.15) is 18.4 Å². The number of benzene rings is 1. The molecule has 0 atom stereocenters. The Bertz CT molecular complexity index is 506. The molecule has 1 aliphatic rings. The smallest absolute Gasteiger partial charge is 0.243 e. The molecule has 0 radical (unpaired) electrons. The number of nitrogens with zero attached hydrogens (tertiary/aromatic N) is 2. The molecule has 21 heavy (non-hydrogen) atoms. The van der Waals surface area contributed by atoms with E-state index in [0.29, 0.717) is 12.1 Å². The summed E-state index contributed by atoms with van der Waals surface area (Å²) < 4.78 is 13.6. The van der Waals surface area contributed by atoms with Gasteiger partial charge in [0.15, 0.2) is 0 Å². The van der Waals surface area contributed by atoms with Gasteiger partial charge in [0.25, 0.3) is 0 Å². The van der Waals surface area contributed by atoms with Crippen LogP contribution in [0.25, 0.3) is 0 Å². The number of unbranched alkanes of at least 4 members (excludes halogenated alkanes) is 1. The van der Waals surface area contributed by atoms with Gasteiger partial charge in [-0.25, -0.2) is 4.39 Å². The van der Waals surface area contributed by atoms with E-state index in [0.717, 1.165) is 18.2 Å². The fraction of sp³-hybridized carbons (Fsp3) is 0.467. The van der Waals surface area contributed by atoms with Gasteiger partial charge in [-0.1, -0.05) is 34.1 Å². The van der Waals surface area contributed by atoms with Crippen LogP contribution in [-0.2, 0) is 16.1 Å². The highest BCUT2D eigenvalue weighted by Gasteiger charge is 2.30. The zero-order chi connectivity index (χ0) is 15.2. The van der Waals surface area contributed by atoms with Crippen molar-refractivity contribution in [3.8, 4) is 0 Å². The summed E-state index contributed by atoms with van der Waals surface area (Å²) in [6.45, 7) is 1.07. The first-order valence-electron chi connectivity index (χ1n) is 6.96. The van der Waals surface area contributed by atoms with E-state index < -0.39 is 0 Å². The molecule has 2 amide bonds. The third-order valence-corrected chi connectivity index (χ3v) is 4.00. The summed E-state index contributed by atoms with van der Waals surface area (Å²) in [6.07, 6.45) is 1.73. The van der Waals surface area contributed by atoms with Gasteiger partial charge in [-0.2, -0.15) is 0 Å². The molecule has 1 aromatic carbocycles. The fourth-order valence-corrected chi connectivity index (χ4v) is 2.74. The predicted octanol–water partition coefficient (Wildman–Crippen LogP) is 2.17. The van der Waals surface area contributed by atoms with Crippen LogP contribution in [0.5, 0.6) is 0 Å². The summed E-state index contributed by atoms with van der Waals surface area (Å²) in [4.78, 5) is 27.1. The first kappa shape index (κ1) is 16.1. The standard InChI is InChI=1S/C15H18BrFN2O2/c16-7-3-4-8-19-14(20)10-18(11-15(19)21)9-12-5-1-2-6-13(12)17/h1-2,5-6H,3-4,7-11H2. The summed E-state index contributed by atoms with van der Waals surface area (Å²) in [5, 5.41) is 0.864. The molecular formula is C15H18BrFN2O2. The Kier molecular flexibility index (Phi) is 5.87. The topological polar surface area (TPSA) is 40.6 Å². The van der Waals surface area contributed by atoms with Crippen molar-refractivity contribution in [3.63, 3.8) is 0 Å². The average molecular weight is 357 g/mol. The number of hydrogen-bond donors (Lipinski definition) is 0. The third-order valence-electron chi connectivity index (χ3n) is 3.44. The molecular weight excluding hydrogens is 339 g/mol. The molecule has 1 saturated heterocycles. The molecule has 0 aliphatic carbocycles. The van der Waals surface area contributed by atoms with Crippen molar-refractivity contribution in [2.75, 3.05) is 25.0 Å². The monoisotopic (exact) mass is 356 g/mol. The summed E-state index contributed by atoms with van der Waals surface area (Å²) in [7, 11) is 0. The largest absolute Gasteiger partial charge is 0.281 e. The molecule has 1 heterocycles. The van der Waals surface area contributed by atoms with E-state index >= 15 is 0 Å². The number of carbonyl (C=O) groups excluding carboxylic acids is 2. The second-order valence-electron chi connectivity index (χ2n) is 5.07. The lowest BCUT2D eigenvalue weighted by molar-refractivity contribution is -0.151. The van der Waals surface area contributed by atoms with Crippen molar-refractivity contribution in [3.05, 3.63) is 35.6 Å². The van der Waals surface area contributed by atoms with Crippen LogP contribution in [0.2, 0.25) is 0 Å². The third kappa shape index (κ3) is 4.35. The number of carbonyl (C=O) groups is 2. The van der Waals surface area contributed by atoms with Crippen LogP contribution in [0.3, 0.4) is 0 Å². The van der Waals surface area contributed by atoms with E-state index in [4.69, 9.17) is 0 Å². The van der Waals surface area contributed by atoms with E-state index in [1.165, 1.54) is 11.0 Å². The number of alkyl halides is 1. The quantitative estimate of drug-likeness (QED) is 0.445. The van der Waals surface area contributed by atoms with Crippen molar-refractivity contribution < 1.29 is 14.0 Å². The molecule has 1 fully saturated rings. The molecule has 0 spiro atoms. The van der Waals surface area contributed by atoms with E-state index in [-0.39, 0.29) is 37.3 Å². The Morgan fingerprint density at radius 3 is 2.38 bits per heavy atom. The van der Waals surface area contributed by atoms with Gasteiger partial charge in [0, 0.05) is 24.0 Å². The highest BCUT2D eigenvalue weighted by Crippen LogP contribution is 2.13. The van der Waals surface area contributed by atoms with Crippen molar-refractivity contribution >= 4 is 27.7 Å². The summed E-state index contributed by atoms with van der Waals surface area (Å²) in [6, 6.07) is 6.43. The zero-order valence-corrected chi connectivity index (χ0v) is 13.3. The van der Waals surface area contributed by atoms with Gasteiger partial charge in [-0.15, -0.1) is 0 Å². The molecule has 2 rings (SSSR count). The Morgan fingerprint density at radius 2 is 1.76 bits per heavy atom. The number of hydrogen-bond acceptors (Lipinski definition) is 3. The van der Waals surface area contributed by atoms with Gasteiger partial charge in [-0.3, -0.25) is 19.4 Å². The number of amides is 2. The SMILES string of the molecule is O=C1CN(Cc2ccccc2F)CC(=O)N1CCCCBr. The minimum absolute atomic E-state index is 0.161. The lowest BCUT2D eigenvalue weighted by Gasteiger charge is -2.32. The first-order chi connectivity index (χ1) is 10.1. The molecule has 6 heteroatoms. The Labute approximate surface area is 132 Å². The normalized spacial score (nSPS) is 16.6. The first-order valence-corrected chi connectivity index (χ1v) is 8.09. The van der Waals surface area contributed by atoms with E-state index in [1.54, 1.807) is 23.1 Å². The van der Waals surface area contributed by atoms with Gasteiger partial charge in [-0.05, 0) is 18.9 Å². The lowest BCUT2D eigenvalue weighted by Crippen LogP contribution is -2.53. The van der Waals surface area contributed by atoms with E-state index in [9.17, 15) is 14.0 Å². The number of rotatable bonds is 6. The summed E-state index contributed by atoms with van der Waals surface area (Å²) >= 11 is 3.33. The molecule has 114 valence electrons. The molecule has 1 aliphatic heterocycles. The van der Waals surface area contributed by atoms with Gasteiger partial charge >= 0.3 is 0 Å². The van der Waals surface area contributed by atoms with Gasteiger partial charge in [0.05, 0.1) is 13.1 Å². The van der Waals surface area contributed by atoms with Gasteiger partial charge in [0.2, 0.25) is 11.8 Å². The van der Waals surface area contributed by atoms with Crippen molar-refractivity contribution in [2.45, 2.75) is 19.4 Å². The van der Waals surface area contributed by atoms with Gasteiger partial charge in [0.1, 0.15) is 5.82 Å². The second kappa shape index (κ2) is 7.66. The maximum atomic E-state index is 13.6. The predicted molar refractivity (Wildman–Crippen MR) is 81.4 cm³/mol. The van der Waals surface area contributed by atoms with E-state index in [2.05, 4.69) is 15.9 Å². The van der Waals surface area contributed by atoms with Crippen molar-refractivity contribution in [1.29, 1.82) is 0 Å². The summed E-state index contributed by atoms with van der Waals surface area (Å²) in [5.74, 6) is -0.702. The minimum atomic E-state index is -0.308. The maximum absolute atomic E-state index is 13.6. The molecule has 0 aromatic heterocycles. The fourth-order valence-electron chi connectivity index (χ4n) is 2.34. The maximum Gasteiger partial charge on any atom is 0.243 e. The molecule has 0 unspecified atom stereocenters. The molecule has 0 bridgehead atoms. The zero-order valence-electron chi connectivity index (χ0n) is 11.7. The van der Waals surface area contributed by atoms with Crippen LogP contribution in [0.4, 0.5) is 4.39 Å². The number of imide groups is 1. The molecule has 1 aromatic rings. The number of halogens is 2. The van der Waals surface area contributed by atoms with Crippen LogP contribution < -0.4 is 0 Å². The van der Waals surface area contributed by atoms with Crippen LogP contribution in [-0.4, -0.2) is 46.6 Å². The highest BCUT2D eigenvalue weighted by molar-refractivity contribution is 9.09. The van der Waals surface area contributed by atoms with Crippen molar-refractivity contribution in [1.82, 2.24) is 9.80 Å². The highest BCUT2D eigenvalue weighted by atomic mass is 79.9. The van der Waals surface area contributed by atoms with Crippen molar-refractivity contribution in [2.24, 2.45) is 0 Å².